The summed E-state index contributed by atoms with van der Waals surface area (Å²) in [6.45, 7) is 2.93. The van der Waals surface area contributed by atoms with Gasteiger partial charge in [0.2, 0.25) is 5.91 Å². The highest BCUT2D eigenvalue weighted by Crippen LogP contribution is 2.18. The maximum Gasteiger partial charge on any atom is 0.244 e. The first-order valence-corrected chi connectivity index (χ1v) is 8.66. The molecule has 0 aliphatic carbocycles. The van der Waals surface area contributed by atoms with Gasteiger partial charge in [0, 0.05) is 30.3 Å². The van der Waals surface area contributed by atoms with Crippen LogP contribution in [-0.2, 0) is 9.53 Å². The number of aromatic nitrogens is 1. The molecule has 2 heterocycles. The SMILES string of the molecule is C[C@H](CC[C@@H]1CCCO1)NC(=O)/C=C\c1ccnc2ccccc12. The fraction of sp³-hybridized carbons (Fsp3) is 0.400. The van der Waals surface area contributed by atoms with E-state index in [1.807, 2.05) is 43.3 Å². The Labute approximate surface area is 142 Å². The summed E-state index contributed by atoms with van der Waals surface area (Å²) in [6, 6.07) is 10.0. The minimum absolute atomic E-state index is 0.0595. The van der Waals surface area contributed by atoms with E-state index in [1.165, 1.54) is 0 Å². The number of nitrogens with one attached hydrogen (secondary N) is 1. The van der Waals surface area contributed by atoms with Crippen molar-refractivity contribution < 1.29 is 9.53 Å². The second-order valence-electron chi connectivity index (χ2n) is 6.37. The van der Waals surface area contributed by atoms with Gasteiger partial charge in [0.15, 0.2) is 0 Å². The molecule has 0 radical (unpaired) electrons. The minimum atomic E-state index is -0.0595. The Morgan fingerprint density at radius 3 is 3.12 bits per heavy atom. The Balaban J connectivity index is 1.54. The Morgan fingerprint density at radius 1 is 1.42 bits per heavy atom. The molecule has 1 N–H and O–H groups in total. The molecular weight excluding hydrogens is 300 g/mol. The van der Waals surface area contributed by atoms with Gasteiger partial charge in [-0.1, -0.05) is 18.2 Å². The molecule has 0 bridgehead atoms. The summed E-state index contributed by atoms with van der Waals surface area (Å²) in [5.74, 6) is -0.0595. The van der Waals surface area contributed by atoms with Crippen molar-refractivity contribution in [3.63, 3.8) is 0 Å². The highest BCUT2D eigenvalue weighted by Gasteiger charge is 2.16. The molecule has 1 saturated heterocycles. The number of ether oxygens (including phenoxy) is 1. The molecule has 2 aromatic rings. The normalized spacial score (nSPS) is 19.0. The molecular formula is C20H24N2O2. The van der Waals surface area contributed by atoms with Crippen LogP contribution in [0.25, 0.3) is 17.0 Å². The van der Waals surface area contributed by atoms with Crippen molar-refractivity contribution in [3.8, 4) is 0 Å². The first kappa shape index (κ1) is 16.7. The van der Waals surface area contributed by atoms with Crippen LogP contribution in [0.4, 0.5) is 0 Å². The summed E-state index contributed by atoms with van der Waals surface area (Å²) >= 11 is 0. The summed E-state index contributed by atoms with van der Waals surface area (Å²) in [5, 5.41) is 4.08. The van der Waals surface area contributed by atoms with Gasteiger partial charge in [0.25, 0.3) is 0 Å². The zero-order valence-corrected chi connectivity index (χ0v) is 14.1. The summed E-state index contributed by atoms with van der Waals surface area (Å²) in [4.78, 5) is 16.4. The van der Waals surface area contributed by atoms with Crippen molar-refractivity contribution in [2.75, 3.05) is 6.61 Å². The Hall–Kier alpha value is -2.20. The third-order valence-electron chi connectivity index (χ3n) is 4.43. The van der Waals surface area contributed by atoms with Crippen molar-refractivity contribution in [1.82, 2.24) is 10.3 Å². The van der Waals surface area contributed by atoms with Crippen LogP contribution in [0.2, 0.25) is 0 Å². The number of hydrogen-bond acceptors (Lipinski definition) is 3. The van der Waals surface area contributed by atoms with Crippen LogP contribution in [0, 0.1) is 0 Å². The lowest BCUT2D eigenvalue weighted by Crippen LogP contribution is -2.31. The number of para-hydroxylation sites is 1. The zero-order chi connectivity index (χ0) is 16.8. The lowest BCUT2D eigenvalue weighted by molar-refractivity contribution is -0.117. The predicted octanol–water partition coefficient (Wildman–Crippen LogP) is 3.71. The van der Waals surface area contributed by atoms with Crippen molar-refractivity contribution in [2.24, 2.45) is 0 Å². The molecule has 3 rings (SSSR count). The first-order valence-electron chi connectivity index (χ1n) is 8.66. The van der Waals surface area contributed by atoms with Crippen LogP contribution in [0.3, 0.4) is 0 Å². The van der Waals surface area contributed by atoms with Gasteiger partial charge in [-0.3, -0.25) is 9.78 Å². The van der Waals surface area contributed by atoms with Crippen molar-refractivity contribution >= 4 is 22.9 Å². The summed E-state index contributed by atoms with van der Waals surface area (Å²) in [5.41, 5.74) is 1.94. The first-order chi connectivity index (χ1) is 11.7. The van der Waals surface area contributed by atoms with E-state index >= 15 is 0 Å². The topological polar surface area (TPSA) is 51.2 Å². The van der Waals surface area contributed by atoms with Crippen LogP contribution in [0.15, 0.2) is 42.6 Å². The van der Waals surface area contributed by atoms with Gasteiger partial charge in [-0.05, 0) is 56.4 Å². The van der Waals surface area contributed by atoms with Crippen molar-refractivity contribution in [3.05, 3.63) is 48.2 Å². The van der Waals surface area contributed by atoms with E-state index < -0.39 is 0 Å². The Kier molecular flexibility index (Phi) is 5.59. The standard InChI is InChI=1S/C20H24N2O2/c1-15(8-10-17-5-4-14-24-17)22-20(23)11-9-16-12-13-21-19-7-3-2-6-18(16)19/h2-3,6-7,9,11-13,15,17H,4-5,8,10,14H2,1H3,(H,22,23)/b11-9-/t15-,17+/m1/s1. The highest BCUT2D eigenvalue weighted by atomic mass is 16.5. The number of benzene rings is 1. The maximum atomic E-state index is 12.1. The van der Waals surface area contributed by atoms with E-state index in [2.05, 4.69) is 10.3 Å². The van der Waals surface area contributed by atoms with Gasteiger partial charge in [0.1, 0.15) is 0 Å². The van der Waals surface area contributed by atoms with Gasteiger partial charge in [-0.2, -0.15) is 0 Å². The third-order valence-corrected chi connectivity index (χ3v) is 4.43. The molecule has 0 spiro atoms. The Morgan fingerprint density at radius 2 is 2.29 bits per heavy atom. The van der Waals surface area contributed by atoms with Gasteiger partial charge in [-0.25, -0.2) is 0 Å². The number of pyridine rings is 1. The number of nitrogens with zero attached hydrogens (tertiary/aromatic N) is 1. The van der Waals surface area contributed by atoms with Crippen LogP contribution < -0.4 is 5.32 Å². The van der Waals surface area contributed by atoms with Crippen LogP contribution in [-0.4, -0.2) is 29.6 Å². The Bertz CT molecular complexity index is 715. The number of rotatable bonds is 6. The van der Waals surface area contributed by atoms with Crippen LogP contribution in [0.5, 0.6) is 0 Å². The lowest BCUT2D eigenvalue weighted by atomic mass is 10.1. The van der Waals surface area contributed by atoms with Crippen molar-refractivity contribution in [1.29, 1.82) is 0 Å². The van der Waals surface area contributed by atoms with E-state index in [0.29, 0.717) is 6.10 Å². The van der Waals surface area contributed by atoms with E-state index in [1.54, 1.807) is 12.3 Å². The second kappa shape index (κ2) is 8.06. The lowest BCUT2D eigenvalue weighted by Gasteiger charge is -2.15. The zero-order valence-electron chi connectivity index (χ0n) is 14.1. The molecule has 1 aliphatic rings. The van der Waals surface area contributed by atoms with E-state index in [-0.39, 0.29) is 11.9 Å². The predicted molar refractivity (Wildman–Crippen MR) is 96.6 cm³/mol. The molecule has 24 heavy (non-hydrogen) atoms. The van der Waals surface area contributed by atoms with E-state index in [0.717, 1.165) is 48.8 Å². The maximum absolute atomic E-state index is 12.1. The molecule has 0 saturated carbocycles. The quantitative estimate of drug-likeness (QED) is 0.824. The molecule has 1 fully saturated rings. The number of amides is 1. The average Bonchev–Trinajstić information content (AvgIpc) is 3.11. The number of hydrogen-bond donors (Lipinski definition) is 1. The van der Waals surface area contributed by atoms with Gasteiger partial charge < -0.3 is 10.1 Å². The minimum Gasteiger partial charge on any atom is -0.378 e. The van der Waals surface area contributed by atoms with Crippen LogP contribution >= 0.6 is 0 Å². The molecule has 126 valence electrons. The molecule has 1 aromatic carbocycles. The van der Waals surface area contributed by atoms with E-state index in [9.17, 15) is 4.79 Å². The van der Waals surface area contributed by atoms with Crippen molar-refractivity contribution in [2.45, 2.75) is 44.8 Å². The van der Waals surface area contributed by atoms with Gasteiger partial charge >= 0.3 is 0 Å². The largest absolute Gasteiger partial charge is 0.378 e. The summed E-state index contributed by atoms with van der Waals surface area (Å²) in [6.07, 6.45) is 9.87. The van der Waals surface area contributed by atoms with Gasteiger partial charge in [0.05, 0.1) is 11.6 Å². The van der Waals surface area contributed by atoms with Gasteiger partial charge in [-0.15, -0.1) is 0 Å². The molecule has 1 aliphatic heterocycles. The molecule has 0 unspecified atom stereocenters. The second-order valence-corrected chi connectivity index (χ2v) is 6.37. The number of fused-ring (bicyclic) bond motifs is 1. The molecule has 1 amide bonds. The molecule has 1 aromatic heterocycles. The average molecular weight is 324 g/mol. The highest BCUT2D eigenvalue weighted by molar-refractivity contribution is 5.95. The molecule has 2 atom stereocenters. The fourth-order valence-corrected chi connectivity index (χ4v) is 3.10. The number of carbonyl (C=O) groups excluding carboxylic acids is 1. The molecule has 4 heteroatoms. The smallest absolute Gasteiger partial charge is 0.244 e. The molecule has 4 nitrogen and oxygen atoms in total. The van der Waals surface area contributed by atoms with E-state index in [4.69, 9.17) is 4.74 Å². The summed E-state index contributed by atoms with van der Waals surface area (Å²) in [7, 11) is 0. The number of carbonyl (C=O) groups is 1. The third kappa shape index (κ3) is 4.42. The summed E-state index contributed by atoms with van der Waals surface area (Å²) < 4.78 is 5.62. The fourth-order valence-electron chi connectivity index (χ4n) is 3.10. The van der Waals surface area contributed by atoms with Crippen LogP contribution in [0.1, 0.15) is 38.2 Å². The monoisotopic (exact) mass is 324 g/mol.